The maximum absolute atomic E-state index is 5.47. The number of hydrogen-bond donors (Lipinski definition) is 2. The summed E-state index contributed by atoms with van der Waals surface area (Å²) in [6.07, 6.45) is 2.65. The molecule has 2 aliphatic heterocycles. The Bertz CT molecular complexity index is 607. The van der Waals surface area contributed by atoms with Gasteiger partial charge in [0, 0.05) is 46.3 Å². The topological polar surface area (TPSA) is 52.1 Å². The second-order valence-corrected chi connectivity index (χ2v) is 8.03. The number of guanidine groups is 1. The van der Waals surface area contributed by atoms with Crippen LogP contribution in [0, 0.1) is 5.92 Å². The van der Waals surface area contributed by atoms with E-state index in [1.54, 1.807) is 0 Å². The number of hydrogen-bond acceptors (Lipinski definition) is 4. The molecule has 2 N–H and O–H groups in total. The Hall–Kier alpha value is -1.63. The minimum absolute atomic E-state index is 0.793. The Morgan fingerprint density at radius 1 is 1.04 bits per heavy atom. The fourth-order valence-corrected chi connectivity index (χ4v) is 3.90. The van der Waals surface area contributed by atoms with Gasteiger partial charge in [0.05, 0.1) is 13.2 Å². The summed E-state index contributed by atoms with van der Waals surface area (Å²) >= 11 is 0. The highest BCUT2D eigenvalue weighted by atomic mass is 16.5. The van der Waals surface area contributed by atoms with Crippen LogP contribution in [0.25, 0.3) is 0 Å². The summed E-state index contributed by atoms with van der Waals surface area (Å²) in [7, 11) is 1.84. The lowest BCUT2D eigenvalue weighted by molar-refractivity contribution is 0.0341. The van der Waals surface area contributed by atoms with E-state index in [-0.39, 0.29) is 0 Å². The van der Waals surface area contributed by atoms with Crippen LogP contribution in [0.3, 0.4) is 0 Å². The molecule has 156 valence electrons. The van der Waals surface area contributed by atoms with E-state index in [9.17, 15) is 0 Å². The highest BCUT2D eigenvalue weighted by Crippen LogP contribution is 2.15. The number of nitrogens with zero attached hydrogens (tertiary/aromatic N) is 3. The molecule has 0 saturated carbocycles. The first-order valence-electron chi connectivity index (χ1n) is 10.8. The maximum Gasteiger partial charge on any atom is 0.191 e. The predicted molar refractivity (Wildman–Crippen MR) is 116 cm³/mol. The molecule has 0 spiro atoms. The highest BCUT2D eigenvalue weighted by Gasteiger charge is 2.15. The molecule has 0 amide bonds. The Labute approximate surface area is 170 Å². The van der Waals surface area contributed by atoms with Crippen LogP contribution < -0.4 is 10.6 Å². The molecule has 3 rings (SSSR count). The number of nitrogens with one attached hydrogen (secondary N) is 2. The summed E-state index contributed by atoms with van der Waals surface area (Å²) in [6, 6.07) is 8.70. The summed E-state index contributed by atoms with van der Waals surface area (Å²) in [5.74, 6) is 1.77. The van der Waals surface area contributed by atoms with Crippen molar-refractivity contribution in [2.75, 3.05) is 59.5 Å². The van der Waals surface area contributed by atoms with Crippen molar-refractivity contribution in [2.24, 2.45) is 10.9 Å². The summed E-state index contributed by atoms with van der Waals surface area (Å²) in [4.78, 5) is 9.41. The Balaban J connectivity index is 1.43. The fraction of sp³-hybridized carbons (Fsp3) is 0.682. The molecule has 0 aliphatic carbocycles. The molecule has 1 aromatic carbocycles. The largest absolute Gasteiger partial charge is 0.379 e. The number of ether oxygens (including phenoxy) is 1. The van der Waals surface area contributed by atoms with E-state index in [1.807, 2.05) is 7.05 Å². The minimum atomic E-state index is 0.793. The molecule has 0 atom stereocenters. The normalized spacial score (nSPS) is 20.3. The monoisotopic (exact) mass is 387 g/mol. The van der Waals surface area contributed by atoms with Crippen molar-refractivity contribution in [2.45, 2.75) is 32.9 Å². The third-order valence-electron chi connectivity index (χ3n) is 5.88. The number of rotatable bonds is 7. The van der Waals surface area contributed by atoms with Crippen LogP contribution in [-0.4, -0.2) is 75.3 Å². The van der Waals surface area contributed by atoms with Crippen molar-refractivity contribution in [3.63, 3.8) is 0 Å². The van der Waals surface area contributed by atoms with Gasteiger partial charge in [-0.2, -0.15) is 0 Å². The molecule has 1 aromatic rings. The Kier molecular flexibility index (Phi) is 8.58. The van der Waals surface area contributed by atoms with E-state index in [2.05, 4.69) is 56.6 Å². The SMILES string of the molecule is CN=C(NCCN1CCC(C)CC1)NCc1ccccc1CN1CCOCC1. The van der Waals surface area contributed by atoms with E-state index in [0.717, 1.165) is 64.4 Å². The number of morpholine rings is 1. The molecule has 0 aromatic heterocycles. The van der Waals surface area contributed by atoms with Gasteiger partial charge >= 0.3 is 0 Å². The lowest BCUT2D eigenvalue weighted by Crippen LogP contribution is -2.43. The molecule has 6 heteroatoms. The Morgan fingerprint density at radius 2 is 1.75 bits per heavy atom. The van der Waals surface area contributed by atoms with Gasteiger partial charge < -0.3 is 20.3 Å². The van der Waals surface area contributed by atoms with Gasteiger partial charge in [0.2, 0.25) is 0 Å². The van der Waals surface area contributed by atoms with Gasteiger partial charge in [0.25, 0.3) is 0 Å². The minimum Gasteiger partial charge on any atom is -0.379 e. The maximum atomic E-state index is 5.47. The molecule has 2 heterocycles. The van der Waals surface area contributed by atoms with Crippen molar-refractivity contribution in [3.8, 4) is 0 Å². The van der Waals surface area contributed by atoms with Gasteiger partial charge in [-0.1, -0.05) is 31.2 Å². The molecule has 2 fully saturated rings. The molecule has 2 aliphatic rings. The first-order valence-corrected chi connectivity index (χ1v) is 10.8. The van der Waals surface area contributed by atoms with Crippen molar-refractivity contribution >= 4 is 5.96 Å². The van der Waals surface area contributed by atoms with E-state index < -0.39 is 0 Å². The Morgan fingerprint density at radius 3 is 2.46 bits per heavy atom. The first-order chi connectivity index (χ1) is 13.7. The van der Waals surface area contributed by atoms with Gasteiger partial charge in [-0.05, 0) is 43.0 Å². The standard InChI is InChI=1S/C22H37N5O/c1-19-7-10-26(11-8-19)12-9-24-22(23-2)25-17-20-5-3-4-6-21(20)18-27-13-15-28-16-14-27/h3-6,19H,7-18H2,1-2H3,(H2,23,24,25). The van der Waals surface area contributed by atoms with Crippen LogP contribution in [0.2, 0.25) is 0 Å². The van der Waals surface area contributed by atoms with Crippen LogP contribution in [0.4, 0.5) is 0 Å². The van der Waals surface area contributed by atoms with Crippen molar-refractivity contribution in [3.05, 3.63) is 35.4 Å². The van der Waals surface area contributed by atoms with Crippen LogP contribution in [0.1, 0.15) is 30.9 Å². The number of piperidine rings is 1. The van der Waals surface area contributed by atoms with E-state index in [0.29, 0.717) is 0 Å². The molecule has 6 nitrogen and oxygen atoms in total. The lowest BCUT2D eigenvalue weighted by Gasteiger charge is -2.30. The van der Waals surface area contributed by atoms with Gasteiger partial charge in [-0.25, -0.2) is 0 Å². The van der Waals surface area contributed by atoms with Gasteiger partial charge in [-0.15, -0.1) is 0 Å². The summed E-state index contributed by atoms with van der Waals surface area (Å²) in [5, 5.41) is 6.95. The van der Waals surface area contributed by atoms with Crippen molar-refractivity contribution < 1.29 is 4.74 Å². The smallest absolute Gasteiger partial charge is 0.191 e. The zero-order valence-electron chi connectivity index (χ0n) is 17.6. The van der Waals surface area contributed by atoms with Crippen molar-refractivity contribution in [1.29, 1.82) is 0 Å². The molecule has 0 unspecified atom stereocenters. The highest BCUT2D eigenvalue weighted by molar-refractivity contribution is 5.79. The summed E-state index contributed by atoms with van der Waals surface area (Å²) < 4.78 is 5.47. The van der Waals surface area contributed by atoms with Crippen LogP contribution >= 0.6 is 0 Å². The number of aliphatic imine (C=N–C) groups is 1. The second-order valence-electron chi connectivity index (χ2n) is 8.03. The van der Waals surface area contributed by atoms with E-state index >= 15 is 0 Å². The van der Waals surface area contributed by atoms with Crippen molar-refractivity contribution in [1.82, 2.24) is 20.4 Å². The third-order valence-corrected chi connectivity index (χ3v) is 5.88. The molecule has 0 bridgehead atoms. The molecule has 0 radical (unpaired) electrons. The quantitative estimate of drug-likeness (QED) is 0.553. The lowest BCUT2D eigenvalue weighted by atomic mass is 9.99. The average molecular weight is 388 g/mol. The van der Waals surface area contributed by atoms with Crippen LogP contribution in [0.5, 0.6) is 0 Å². The van der Waals surface area contributed by atoms with Gasteiger partial charge in [0.1, 0.15) is 0 Å². The molecule has 28 heavy (non-hydrogen) atoms. The van der Waals surface area contributed by atoms with E-state index in [1.165, 1.54) is 37.1 Å². The third kappa shape index (κ3) is 6.76. The molecule has 2 saturated heterocycles. The van der Waals surface area contributed by atoms with Gasteiger partial charge in [0.15, 0.2) is 5.96 Å². The van der Waals surface area contributed by atoms with Crippen LogP contribution in [0.15, 0.2) is 29.3 Å². The first kappa shape index (κ1) is 21.1. The zero-order valence-corrected chi connectivity index (χ0v) is 17.6. The number of likely N-dealkylation sites (tertiary alicyclic amines) is 1. The van der Waals surface area contributed by atoms with Crippen LogP contribution in [-0.2, 0) is 17.8 Å². The molecular formula is C22H37N5O. The van der Waals surface area contributed by atoms with Gasteiger partial charge in [-0.3, -0.25) is 9.89 Å². The summed E-state index contributed by atoms with van der Waals surface area (Å²) in [5.41, 5.74) is 2.72. The predicted octanol–water partition coefficient (Wildman–Crippen LogP) is 1.92. The molecular weight excluding hydrogens is 350 g/mol. The second kappa shape index (κ2) is 11.4. The van der Waals surface area contributed by atoms with E-state index in [4.69, 9.17) is 4.74 Å². The average Bonchev–Trinajstić information content (AvgIpc) is 2.73. The fourth-order valence-electron chi connectivity index (χ4n) is 3.90. The zero-order chi connectivity index (χ0) is 19.6. The number of benzene rings is 1. The summed E-state index contributed by atoms with van der Waals surface area (Å²) in [6.45, 7) is 12.3.